The Balaban J connectivity index is 0.0000112. The van der Waals surface area contributed by atoms with Crippen LogP contribution in [0, 0.1) is 23.2 Å². The van der Waals surface area contributed by atoms with Gasteiger partial charge in [-0.25, -0.2) is 9.59 Å². The quantitative estimate of drug-likeness (QED) is 0.00708. The smallest absolute Gasteiger partial charge is 0.415 e. The molecule has 98 heavy (non-hydrogen) atoms. The number of carbonyl (C=O) groups excluding carboxylic acids is 8. The van der Waals surface area contributed by atoms with Crippen LogP contribution < -0.4 is 52.1 Å². The van der Waals surface area contributed by atoms with Gasteiger partial charge in [0, 0.05) is 79.4 Å². The third-order valence-electron chi connectivity index (χ3n) is 19.4. The summed E-state index contributed by atoms with van der Waals surface area (Å²) in [7, 11) is 3.78. The highest BCUT2D eigenvalue weighted by atomic mass is 16.6. The Bertz CT molecular complexity index is 3800. The molecule has 2 bridgehead atoms. The van der Waals surface area contributed by atoms with Crippen molar-refractivity contribution >= 4 is 69.9 Å². The van der Waals surface area contributed by atoms with E-state index in [1.54, 1.807) is 72.7 Å². The number of nitrogens with one attached hydrogen (secondary N) is 4. The highest BCUT2D eigenvalue weighted by Gasteiger charge is 2.65. The van der Waals surface area contributed by atoms with Gasteiger partial charge in [0.1, 0.15) is 42.1 Å². The number of piperidine rings is 2. The summed E-state index contributed by atoms with van der Waals surface area (Å²) in [6, 6.07) is 28.8. The number of unbranched alkanes of at least 4 members (excludes halogenated alkanes) is 1. The van der Waals surface area contributed by atoms with Gasteiger partial charge in [-0.3, -0.25) is 34.4 Å². The molecule has 5 aromatic rings. The number of amidine groups is 1. The van der Waals surface area contributed by atoms with E-state index in [1.807, 2.05) is 42.5 Å². The fraction of sp³-hybridized carbons (Fsp3) is 0.459. The predicted octanol–water partition coefficient (Wildman–Crippen LogP) is 7.86. The number of likely N-dealkylation sites (tertiary alicyclic amines) is 2. The SMILES string of the molecule is C.COc1ccc2c3c1O[C@H]1C(OC(=O)N4CCC(C(=O)NCCCC[C@H](CC(=O)OCc5ccccc5)C(=O)NCCOc5ccc(C(=O)Oc6ccc7cc(C(=N)N)ccc7c6)cc5)CC4CCC(=O)[C@@H](CCCN=C(N)N)NC(=O)CCC(C)=O)=CC[C@H]4[C@@H](C2)N(C)CC[C@]314. The fourth-order valence-corrected chi connectivity index (χ4v) is 14.4. The van der Waals surface area contributed by atoms with Gasteiger partial charge in [-0.1, -0.05) is 68.4 Å². The van der Waals surface area contributed by atoms with Crippen molar-refractivity contribution in [1.29, 1.82) is 5.41 Å². The molecule has 10 rings (SSSR count). The average Bonchev–Trinajstić information content (AvgIpc) is 1.44. The molecule has 24 nitrogen and oxygen atoms in total. The van der Waals surface area contributed by atoms with E-state index in [0.29, 0.717) is 72.8 Å². The van der Waals surface area contributed by atoms with Crippen LogP contribution in [-0.4, -0.2) is 147 Å². The summed E-state index contributed by atoms with van der Waals surface area (Å²) >= 11 is 0. The minimum Gasteiger partial charge on any atom is -0.493 e. The van der Waals surface area contributed by atoms with E-state index in [1.165, 1.54) is 12.5 Å². The summed E-state index contributed by atoms with van der Waals surface area (Å²) < 4.78 is 36.3. The first kappa shape index (κ1) is 72.4. The molecule has 3 heterocycles. The molecule has 2 aliphatic carbocycles. The maximum Gasteiger partial charge on any atom is 0.415 e. The van der Waals surface area contributed by atoms with Gasteiger partial charge in [0.25, 0.3) is 0 Å². The Kier molecular flexibility index (Phi) is 24.7. The minimum absolute atomic E-state index is 0. The van der Waals surface area contributed by atoms with Gasteiger partial charge in [-0.05, 0) is 167 Å². The third kappa shape index (κ3) is 17.6. The summed E-state index contributed by atoms with van der Waals surface area (Å²) in [6.45, 7) is 3.06. The number of aliphatic imine (C=N–C) groups is 1. The molecular weight excluding hydrogens is 1250 g/mol. The summed E-state index contributed by atoms with van der Waals surface area (Å²) in [5.41, 5.74) is 20.3. The molecule has 5 aliphatic rings. The van der Waals surface area contributed by atoms with E-state index >= 15 is 0 Å². The lowest BCUT2D eigenvalue weighted by Gasteiger charge is -2.56. The zero-order chi connectivity index (χ0) is 68.8. The summed E-state index contributed by atoms with van der Waals surface area (Å²) in [6.07, 6.45) is 5.24. The number of hydrogen-bond acceptors (Lipinski definition) is 17. The van der Waals surface area contributed by atoms with Crippen molar-refractivity contribution in [2.45, 2.75) is 147 Å². The number of nitrogens with zero attached hydrogens (tertiary/aromatic N) is 3. The molecule has 522 valence electrons. The number of esters is 2. The number of carbonyl (C=O) groups is 8. The molecular formula is C74H92N10O14. The van der Waals surface area contributed by atoms with Crippen LogP contribution in [-0.2, 0) is 56.7 Å². The second-order valence-electron chi connectivity index (χ2n) is 25.9. The van der Waals surface area contributed by atoms with Crippen LogP contribution in [0.5, 0.6) is 23.0 Å². The molecule has 0 aromatic heterocycles. The number of fused-ring (bicyclic) bond motifs is 1. The zero-order valence-electron chi connectivity index (χ0n) is 55.3. The first-order chi connectivity index (χ1) is 46.8. The van der Waals surface area contributed by atoms with Crippen molar-refractivity contribution in [3.63, 3.8) is 0 Å². The average molecular weight is 1350 g/mol. The maximum absolute atomic E-state index is 14.9. The van der Waals surface area contributed by atoms with Crippen LogP contribution in [0.15, 0.2) is 120 Å². The van der Waals surface area contributed by atoms with E-state index in [0.717, 1.165) is 41.3 Å². The molecule has 4 amide bonds. The van der Waals surface area contributed by atoms with Gasteiger partial charge in [0.05, 0.1) is 31.7 Å². The van der Waals surface area contributed by atoms with Crippen LogP contribution in [0.25, 0.3) is 10.8 Å². The number of guanidine groups is 1. The fourth-order valence-electron chi connectivity index (χ4n) is 14.4. The predicted molar refractivity (Wildman–Crippen MR) is 369 cm³/mol. The number of hydrogen-bond donors (Lipinski definition) is 7. The first-order valence-corrected chi connectivity index (χ1v) is 33.5. The largest absolute Gasteiger partial charge is 0.493 e. The van der Waals surface area contributed by atoms with Gasteiger partial charge in [0.15, 0.2) is 29.3 Å². The van der Waals surface area contributed by atoms with E-state index < -0.39 is 59.4 Å². The Labute approximate surface area is 571 Å². The second-order valence-corrected chi connectivity index (χ2v) is 25.9. The molecule has 2 saturated heterocycles. The van der Waals surface area contributed by atoms with Crippen LogP contribution in [0.2, 0.25) is 0 Å². The summed E-state index contributed by atoms with van der Waals surface area (Å²) in [5, 5.41) is 18.1. The van der Waals surface area contributed by atoms with E-state index in [-0.39, 0.29) is 144 Å². The number of Topliss-reactive ketones (excluding diaryl/α,β-unsaturated/α-hetero) is 2. The van der Waals surface area contributed by atoms with Crippen LogP contribution in [0.1, 0.15) is 137 Å². The van der Waals surface area contributed by atoms with Gasteiger partial charge >= 0.3 is 18.0 Å². The standard InChI is InChI=1S/C73H88N10O14.CH4/c1-44(84)14-29-62(86)81-57(13-9-33-80-71(76)77)59(85)26-21-53-39-52(30-35-83(53)72(91)96-61-28-25-56-58-41-49-20-27-60(92-3)65-64(49)73(56,66(61)97-65)31-36-82(58)2)69(89)78-32-8-7-12-51(42-63(87)94-43-45-10-5-4-6-11-45)68(88)79-34-37-93-54-22-17-46(18-23-54)70(90)95-55-24-19-47-38-50(67(74)75)16-15-48(47)40-55;/h4-6,10-11,15-20,22-24,27-28,38,40,51-53,56-58,66H,7-9,12-14,21,25-26,29-37,39,41-43H2,1-3H3,(H3,74,75)(H,78,89)(H,79,88)(H,81,86)(H4,76,77,80);1H4/t51-,52?,53?,56+,57-,58-,66+,73+;/m1./s1. The van der Waals surface area contributed by atoms with Crippen molar-refractivity contribution in [3.05, 3.63) is 143 Å². The Morgan fingerprint density at radius 2 is 1.57 bits per heavy atom. The number of benzene rings is 5. The molecule has 0 radical (unpaired) electrons. The molecule has 5 aromatic carbocycles. The van der Waals surface area contributed by atoms with E-state index in [9.17, 15) is 38.4 Å². The molecule has 1 spiro atoms. The number of nitrogen functional groups attached to an aromatic ring is 1. The molecule has 3 aliphatic heterocycles. The highest BCUT2D eigenvalue weighted by Crippen LogP contribution is 2.64. The van der Waals surface area contributed by atoms with Crippen molar-refractivity contribution in [2.24, 2.45) is 39.9 Å². The highest BCUT2D eigenvalue weighted by molar-refractivity contribution is 6.00. The molecule has 8 atom stereocenters. The number of ether oxygens (including phenoxy) is 6. The Morgan fingerprint density at radius 1 is 0.816 bits per heavy atom. The number of nitrogens with two attached hydrogens (primary N) is 3. The Hall–Kier alpha value is -9.84. The van der Waals surface area contributed by atoms with Gasteiger partial charge in [0.2, 0.25) is 17.7 Å². The lowest BCUT2D eigenvalue weighted by molar-refractivity contribution is -0.148. The lowest BCUT2D eigenvalue weighted by atomic mass is 9.53. The number of rotatable bonds is 32. The van der Waals surface area contributed by atoms with E-state index in [2.05, 4.69) is 39.0 Å². The number of methoxy groups -OCH3 is 1. The molecule has 2 fully saturated rings. The Morgan fingerprint density at radius 3 is 2.33 bits per heavy atom. The first-order valence-electron chi connectivity index (χ1n) is 33.5. The lowest BCUT2D eigenvalue weighted by Crippen LogP contribution is -2.63. The molecule has 24 heteroatoms. The number of allylic oxidation sites excluding steroid dienone is 1. The van der Waals surface area contributed by atoms with Gasteiger partial charge < -0.3 is 76.2 Å². The monoisotopic (exact) mass is 1340 g/mol. The number of ketones is 2. The summed E-state index contributed by atoms with van der Waals surface area (Å²) in [5.74, 6) is -1.39. The summed E-state index contributed by atoms with van der Waals surface area (Å²) in [4.78, 5) is 116. The minimum atomic E-state index is -0.930. The molecule has 10 N–H and O–H groups in total. The molecule has 0 saturated carbocycles. The number of likely N-dealkylation sites (N-methyl/N-ethyl adjacent to an activating group) is 1. The van der Waals surface area contributed by atoms with Crippen LogP contribution >= 0.6 is 0 Å². The van der Waals surface area contributed by atoms with Crippen molar-refractivity contribution in [1.82, 2.24) is 25.8 Å². The van der Waals surface area contributed by atoms with Crippen molar-refractivity contribution in [3.8, 4) is 23.0 Å². The van der Waals surface area contributed by atoms with Crippen molar-refractivity contribution < 1.29 is 66.8 Å². The topological polar surface area (TPSA) is 349 Å². The van der Waals surface area contributed by atoms with E-state index in [4.69, 9.17) is 51.0 Å². The molecule has 2 unspecified atom stereocenters. The second kappa shape index (κ2) is 33.4. The number of amides is 4. The van der Waals surface area contributed by atoms with Crippen LogP contribution in [0.4, 0.5) is 4.79 Å². The van der Waals surface area contributed by atoms with Crippen molar-refractivity contribution in [2.75, 3.05) is 53.5 Å². The zero-order valence-corrected chi connectivity index (χ0v) is 55.3. The van der Waals surface area contributed by atoms with Crippen LogP contribution in [0.3, 0.4) is 0 Å². The van der Waals surface area contributed by atoms with Gasteiger partial charge in [-0.15, -0.1) is 0 Å². The third-order valence-corrected chi connectivity index (χ3v) is 19.4. The van der Waals surface area contributed by atoms with Gasteiger partial charge in [-0.2, -0.15) is 0 Å². The normalized spacial score (nSPS) is 20.1. The maximum atomic E-state index is 14.9.